The summed E-state index contributed by atoms with van der Waals surface area (Å²) in [5.41, 5.74) is 0. The molecule has 2 unspecified atom stereocenters. The Kier molecular flexibility index (Phi) is 48.1. The van der Waals surface area contributed by atoms with Crippen LogP contribution in [-0.2, 0) is 14.3 Å². The zero-order valence-corrected chi connectivity index (χ0v) is 39.7. The summed E-state index contributed by atoms with van der Waals surface area (Å²) in [5.74, 6) is -0.0394. The van der Waals surface area contributed by atoms with Gasteiger partial charge in [-0.15, -0.1) is 0 Å². The Balaban J connectivity index is 3.38. The van der Waals surface area contributed by atoms with Crippen LogP contribution in [0, 0.1) is 0 Å². The molecule has 2 atom stereocenters. The van der Waals surface area contributed by atoms with E-state index in [-0.39, 0.29) is 18.5 Å². The maximum Gasteiger partial charge on any atom is 0.305 e. The predicted octanol–water partition coefficient (Wildman–Crippen LogP) is 15.7. The molecule has 0 fully saturated rings. The largest absolute Gasteiger partial charge is 0.466 e. The molecular weight excluding hydrogens is 731 g/mol. The van der Waals surface area contributed by atoms with Gasteiger partial charge in [0.15, 0.2) is 0 Å². The van der Waals surface area contributed by atoms with Gasteiger partial charge in [0, 0.05) is 12.8 Å². The summed E-state index contributed by atoms with van der Waals surface area (Å²) in [5, 5.41) is 23.1. The van der Waals surface area contributed by atoms with E-state index in [0.717, 1.165) is 44.9 Å². The molecular formula is C53H103NO5. The monoisotopic (exact) mass is 834 g/mol. The molecule has 6 heteroatoms. The molecule has 350 valence electrons. The standard InChI is InChI=1S/C53H103NO5/c1-3-5-7-9-11-13-15-23-27-31-35-39-43-47-53(58)59-48-44-40-36-32-28-25-22-20-18-16-17-19-21-24-26-30-34-38-42-46-52(57)54-50(49-55)51(56)45-41-37-33-29-14-12-10-8-6-4-2/h13,15,50-51,55-56H,3-12,14,16-49H2,1-2H3,(H,54,57)/b15-13-. The minimum atomic E-state index is -0.663. The number of aliphatic hydroxyl groups is 2. The van der Waals surface area contributed by atoms with Crippen LogP contribution in [0.5, 0.6) is 0 Å². The summed E-state index contributed by atoms with van der Waals surface area (Å²) in [6, 6.07) is -0.541. The maximum absolute atomic E-state index is 12.4. The minimum absolute atomic E-state index is 0.000234. The number of allylic oxidation sites excluding steroid dienone is 2. The number of carbonyl (C=O) groups excluding carboxylic acids is 2. The second-order valence-electron chi connectivity index (χ2n) is 18.2. The zero-order valence-electron chi connectivity index (χ0n) is 39.7. The van der Waals surface area contributed by atoms with Gasteiger partial charge in [0.1, 0.15) is 0 Å². The second kappa shape index (κ2) is 49.3. The number of amides is 1. The van der Waals surface area contributed by atoms with Crippen LogP contribution >= 0.6 is 0 Å². The molecule has 0 bridgehead atoms. The summed E-state index contributed by atoms with van der Waals surface area (Å²) in [7, 11) is 0. The highest BCUT2D eigenvalue weighted by Crippen LogP contribution is 2.17. The van der Waals surface area contributed by atoms with Crippen molar-refractivity contribution in [3.63, 3.8) is 0 Å². The number of aliphatic hydroxyl groups excluding tert-OH is 2. The highest BCUT2D eigenvalue weighted by Gasteiger charge is 2.20. The van der Waals surface area contributed by atoms with E-state index in [0.29, 0.717) is 25.9 Å². The van der Waals surface area contributed by atoms with Crippen molar-refractivity contribution in [2.24, 2.45) is 0 Å². The number of ether oxygens (including phenoxy) is 1. The first-order chi connectivity index (χ1) is 29.0. The van der Waals surface area contributed by atoms with E-state index in [1.54, 1.807) is 0 Å². The van der Waals surface area contributed by atoms with Gasteiger partial charge in [0.05, 0.1) is 25.4 Å². The molecule has 0 saturated carbocycles. The van der Waals surface area contributed by atoms with E-state index in [9.17, 15) is 19.8 Å². The van der Waals surface area contributed by atoms with E-state index < -0.39 is 12.1 Å². The third-order valence-corrected chi connectivity index (χ3v) is 12.3. The van der Waals surface area contributed by atoms with Crippen molar-refractivity contribution in [3.05, 3.63) is 12.2 Å². The van der Waals surface area contributed by atoms with Crippen molar-refractivity contribution in [2.45, 2.75) is 302 Å². The number of carbonyl (C=O) groups is 2. The zero-order chi connectivity index (χ0) is 43.0. The van der Waals surface area contributed by atoms with E-state index in [1.807, 2.05) is 0 Å². The fourth-order valence-electron chi connectivity index (χ4n) is 8.22. The number of hydrogen-bond acceptors (Lipinski definition) is 5. The third kappa shape index (κ3) is 45.9. The van der Waals surface area contributed by atoms with Crippen molar-refractivity contribution in [2.75, 3.05) is 13.2 Å². The van der Waals surface area contributed by atoms with E-state index in [4.69, 9.17) is 4.74 Å². The fraction of sp³-hybridized carbons (Fsp3) is 0.925. The van der Waals surface area contributed by atoms with Gasteiger partial charge < -0.3 is 20.3 Å². The average molecular weight is 834 g/mol. The van der Waals surface area contributed by atoms with Crippen molar-refractivity contribution < 1.29 is 24.5 Å². The maximum atomic E-state index is 12.4. The highest BCUT2D eigenvalue weighted by atomic mass is 16.5. The summed E-state index contributed by atoms with van der Waals surface area (Å²) in [4.78, 5) is 24.4. The molecule has 0 spiro atoms. The van der Waals surface area contributed by atoms with E-state index in [2.05, 4.69) is 31.3 Å². The van der Waals surface area contributed by atoms with Crippen LogP contribution in [0.25, 0.3) is 0 Å². The summed E-state index contributed by atoms with van der Waals surface area (Å²) in [6.45, 7) is 4.92. The van der Waals surface area contributed by atoms with Gasteiger partial charge in [0.2, 0.25) is 5.91 Å². The molecule has 0 aromatic rings. The SMILES string of the molecule is CCCCCC/C=C\CCCCCCCC(=O)OCCCCCCCCCCCCCCCCCCCCCC(=O)NC(CO)C(O)CCCCCCCCCCCC. The van der Waals surface area contributed by atoms with E-state index in [1.165, 1.54) is 212 Å². The van der Waals surface area contributed by atoms with Crippen LogP contribution in [0.3, 0.4) is 0 Å². The van der Waals surface area contributed by atoms with Gasteiger partial charge in [-0.25, -0.2) is 0 Å². The van der Waals surface area contributed by atoms with Gasteiger partial charge in [-0.2, -0.15) is 0 Å². The average Bonchev–Trinajstić information content (AvgIpc) is 3.24. The molecule has 0 heterocycles. The molecule has 1 amide bonds. The molecule has 59 heavy (non-hydrogen) atoms. The molecule has 0 aliphatic heterocycles. The Labute approximate surface area is 368 Å². The topological polar surface area (TPSA) is 95.9 Å². The first-order valence-corrected chi connectivity index (χ1v) is 26.4. The number of nitrogens with one attached hydrogen (secondary N) is 1. The Bertz CT molecular complexity index is 878. The number of esters is 1. The highest BCUT2D eigenvalue weighted by molar-refractivity contribution is 5.76. The minimum Gasteiger partial charge on any atom is -0.466 e. The Hall–Kier alpha value is -1.40. The molecule has 0 aliphatic carbocycles. The van der Waals surface area contributed by atoms with Crippen LogP contribution in [0.4, 0.5) is 0 Å². The Morgan fingerprint density at radius 3 is 1.22 bits per heavy atom. The number of rotatable bonds is 49. The second-order valence-corrected chi connectivity index (χ2v) is 18.2. The van der Waals surface area contributed by atoms with Gasteiger partial charge in [-0.1, -0.05) is 238 Å². The first kappa shape index (κ1) is 57.6. The van der Waals surface area contributed by atoms with Crippen molar-refractivity contribution in [1.29, 1.82) is 0 Å². The Morgan fingerprint density at radius 2 is 0.797 bits per heavy atom. The molecule has 6 nitrogen and oxygen atoms in total. The quantitative estimate of drug-likeness (QED) is 0.0322. The van der Waals surface area contributed by atoms with Crippen LogP contribution in [0.2, 0.25) is 0 Å². The normalized spacial score (nSPS) is 12.7. The molecule has 3 N–H and O–H groups in total. The molecule has 0 saturated heterocycles. The fourth-order valence-corrected chi connectivity index (χ4v) is 8.22. The lowest BCUT2D eigenvalue weighted by Crippen LogP contribution is -2.45. The van der Waals surface area contributed by atoms with Gasteiger partial charge >= 0.3 is 5.97 Å². The van der Waals surface area contributed by atoms with Crippen LogP contribution in [-0.4, -0.2) is 47.4 Å². The molecule has 0 aromatic heterocycles. The molecule has 0 rings (SSSR count). The Morgan fingerprint density at radius 1 is 0.458 bits per heavy atom. The lowest BCUT2D eigenvalue weighted by atomic mass is 10.0. The molecule has 0 radical (unpaired) electrons. The lowest BCUT2D eigenvalue weighted by Gasteiger charge is -2.22. The first-order valence-electron chi connectivity index (χ1n) is 26.4. The summed E-state index contributed by atoms with van der Waals surface area (Å²) in [6.07, 6.45) is 56.2. The van der Waals surface area contributed by atoms with Crippen LogP contribution in [0.1, 0.15) is 290 Å². The van der Waals surface area contributed by atoms with Gasteiger partial charge in [-0.05, 0) is 51.4 Å². The van der Waals surface area contributed by atoms with Crippen molar-refractivity contribution in [1.82, 2.24) is 5.32 Å². The third-order valence-electron chi connectivity index (χ3n) is 12.3. The number of hydrogen-bond donors (Lipinski definition) is 3. The molecule has 0 aromatic carbocycles. The van der Waals surface area contributed by atoms with E-state index >= 15 is 0 Å². The van der Waals surface area contributed by atoms with Crippen LogP contribution in [0.15, 0.2) is 12.2 Å². The van der Waals surface area contributed by atoms with Gasteiger partial charge in [0.25, 0.3) is 0 Å². The molecule has 0 aliphatic rings. The van der Waals surface area contributed by atoms with Crippen molar-refractivity contribution >= 4 is 11.9 Å². The van der Waals surface area contributed by atoms with Crippen molar-refractivity contribution in [3.8, 4) is 0 Å². The lowest BCUT2D eigenvalue weighted by molar-refractivity contribution is -0.143. The van der Waals surface area contributed by atoms with Gasteiger partial charge in [-0.3, -0.25) is 9.59 Å². The number of unbranched alkanes of at least 4 members (excludes halogenated alkanes) is 36. The summed E-state index contributed by atoms with van der Waals surface area (Å²) < 4.78 is 5.46. The predicted molar refractivity (Wildman–Crippen MR) is 255 cm³/mol. The summed E-state index contributed by atoms with van der Waals surface area (Å²) >= 11 is 0. The smallest absolute Gasteiger partial charge is 0.305 e. The van der Waals surface area contributed by atoms with Crippen LogP contribution < -0.4 is 5.32 Å².